The molecule has 0 heterocycles. The van der Waals surface area contributed by atoms with Crippen LogP contribution in [-0.4, -0.2) is 24.7 Å². The summed E-state index contributed by atoms with van der Waals surface area (Å²) in [5.41, 5.74) is -0.554. The molecule has 0 aliphatic rings. The molecule has 0 spiro atoms. The third-order valence-corrected chi connectivity index (χ3v) is 2.25. The SMILES string of the molecule is CCCCOCCOc1ccc([N+](=O)[O-])c(F)c1. The van der Waals surface area contributed by atoms with Gasteiger partial charge in [0.1, 0.15) is 12.4 Å². The largest absolute Gasteiger partial charge is 0.491 e. The number of nitrogens with zero attached hydrogens (tertiary/aromatic N) is 1. The summed E-state index contributed by atoms with van der Waals surface area (Å²) in [6.07, 6.45) is 2.06. The van der Waals surface area contributed by atoms with Gasteiger partial charge in [-0.2, -0.15) is 4.39 Å². The van der Waals surface area contributed by atoms with E-state index in [1.165, 1.54) is 6.07 Å². The molecule has 0 aromatic heterocycles. The molecular weight excluding hydrogens is 241 g/mol. The highest BCUT2D eigenvalue weighted by Gasteiger charge is 2.13. The highest BCUT2D eigenvalue weighted by atomic mass is 19.1. The van der Waals surface area contributed by atoms with E-state index in [4.69, 9.17) is 9.47 Å². The van der Waals surface area contributed by atoms with E-state index in [1.54, 1.807) is 0 Å². The normalized spacial score (nSPS) is 10.3. The Balaban J connectivity index is 2.35. The molecule has 0 saturated carbocycles. The Morgan fingerprint density at radius 2 is 2.11 bits per heavy atom. The molecule has 18 heavy (non-hydrogen) atoms. The van der Waals surface area contributed by atoms with Crippen molar-refractivity contribution in [3.63, 3.8) is 0 Å². The Hall–Kier alpha value is -1.69. The van der Waals surface area contributed by atoms with Crippen molar-refractivity contribution in [3.8, 4) is 5.75 Å². The minimum atomic E-state index is -0.899. The first-order valence-corrected chi connectivity index (χ1v) is 5.79. The Labute approximate surface area is 105 Å². The van der Waals surface area contributed by atoms with Gasteiger partial charge in [-0.25, -0.2) is 0 Å². The summed E-state index contributed by atoms with van der Waals surface area (Å²) in [6.45, 7) is 3.45. The Kier molecular flexibility index (Phi) is 6.07. The van der Waals surface area contributed by atoms with Crippen LogP contribution < -0.4 is 4.74 Å². The average Bonchev–Trinajstić information content (AvgIpc) is 2.33. The van der Waals surface area contributed by atoms with E-state index in [-0.39, 0.29) is 5.75 Å². The van der Waals surface area contributed by atoms with Gasteiger partial charge in [0, 0.05) is 18.7 Å². The molecule has 0 N–H and O–H groups in total. The van der Waals surface area contributed by atoms with Crippen molar-refractivity contribution in [3.05, 3.63) is 34.1 Å². The third kappa shape index (κ3) is 4.67. The fraction of sp³-hybridized carbons (Fsp3) is 0.500. The predicted octanol–water partition coefficient (Wildman–Crippen LogP) is 2.93. The van der Waals surface area contributed by atoms with Crippen LogP contribution in [-0.2, 0) is 4.74 Å². The van der Waals surface area contributed by atoms with Crippen molar-refractivity contribution < 1.29 is 18.8 Å². The van der Waals surface area contributed by atoms with Gasteiger partial charge >= 0.3 is 5.69 Å². The van der Waals surface area contributed by atoms with Crippen molar-refractivity contribution in [2.24, 2.45) is 0 Å². The number of hydrogen-bond acceptors (Lipinski definition) is 4. The maximum Gasteiger partial charge on any atom is 0.305 e. The molecule has 0 aliphatic carbocycles. The Morgan fingerprint density at radius 3 is 2.72 bits per heavy atom. The van der Waals surface area contributed by atoms with Crippen LogP contribution in [0.3, 0.4) is 0 Å². The van der Waals surface area contributed by atoms with Crippen LogP contribution in [0.4, 0.5) is 10.1 Å². The van der Waals surface area contributed by atoms with Gasteiger partial charge in [-0.15, -0.1) is 0 Å². The van der Waals surface area contributed by atoms with E-state index in [2.05, 4.69) is 6.92 Å². The van der Waals surface area contributed by atoms with Gasteiger partial charge in [-0.3, -0.25) is 10.1 Å². The summed E-state index contributed by atoms with van der Waals surface area (Å²) in [7, 11) is 0. The fourth-order valence-corrected chi connectivity index (χ4v) is 1.29. The second-order valence-corrected chi connectivity index (χ2v) is 3.68. The highest BCUT2D eigenvalue weighted by Crippen LogP contribution is 2.22. The molecule has 0 fully saturated rings. The summed E-state index contributed by atoms with van der Waals surface area (Å²) < 4.78 is 23.7. The number of halogens is 1. The van der Waals surface area contributed by atoms with Crippen molar-refractivity contribution >= 4 is 5.69 Å². The van der Waals surface area contributed by atoms with E-state index >= 15 is 0 Å². The molecule has 0 aliphatic heterocycles. The van der Waals surface area contributed by atoms with Crippen LogP contribution in [0.1, 0.15) is 19.8 Å². The lowest BCUT2D eigenvalue weighted by Gasteiger charge is -2.06. The molecule has 0 atom stereocenters. The van der Waals surface area contributed by atoms with Gasteiger partial charge in [0.2, 0.25) is 5.82 Å². The molecule has 0 bridgehead atoms. The molecule has 6 heteroatoms. The van der Waals surface area contributed by atoms with E-state index in [1.807, 2.05) is 0 Å². The topological polar surface area (TPSA) is 61.6 Å². The number of nitro benzene ring substituents is 1. The van der Waals surface area contributed by atoms with Gasteiger partial charge < -0.3 is 9.47 Å². The molecule has 1 aromatic rings. The van der Waals surface area contributed by atoms with Crippen LogP contribution in [0.2, 0.25) is 0 Å². The monoisotopic (exact) mass is 257 g/mol. The lowest BCUT2D eigenvalue weighted by Crippen LogP contribution is -2.07. The summed E-state index contributed by atoms with van der Waals surface area (Å²) in [5, 5.41) is 10.4. The molecule has 0 saturated heterocycles. The fourth-order valence-electron chi connectivity index (χ4n) is 1.29. The van der Waals surface area contributed by atoms with Gasteiger partial charge in [0.25, 0.3) is 0 Å². The maximum absolute atomic E-state index is 13.2. The highest BCUT2D eigenvalue weighted by molar-refractivity contribution is 5.37. The number of rotatable bonds is 8. The quantitative estimate of drug-likeness (QED) is 0.408. The lowest BCUT2D eigenvalue weighted by atomic mass is 10.3. The summed E-state index contributed by atoms with van der Waals surface area (Å²) in [5.74, 6) is -0.637. The second-order valence-electron chi connectivity index (χ2n) is 3.68. The number of unbranched alkanes of at least 4 members (excludes halogenated alkanes) is 1. The molecule has 0 amide bonds. The van der Waals surface area contributed by atoms with Crippen molar-refractivity contribution in [2.75, 3.05) is 19.8 Å². The van der Waals surface area contributed by atoms with Crippen LogP contribution in [0.15, 0.2) is 18.2 Å². The molecule has 100 valence electrons. The zero-order valence-corrected chi connectivity index (χ0v) is 10.2. The molecule has 5 nitrogen and oxygen atoms in total. The number of benzene rings is 1. The standard InChI is InChI=1S/C12H16FNO4/c1-2-3-6-17-7-8-18-10-4-5-12(14(15)16)11(13)9-10/h4-5,9H,2-3,6-8H2,1H3. The second kappa shape index (κ2) is 7.60. The smallest absolute Gasteiger partial charge is 0.305 e. The molecule has 1 rings (SSSR count). The predicted molar refractivity (Wildman–Crippen MR) is 64.3 cm³/mol. The first-order chi connectivity index (χ1) is 8.65. The van der Waals surface area contributed by atoms with Crippen LogP contribution in [0, 0.1) is 15.9 Å². The minimum absolute atomic E-state index is 0.261. The van der Waals surface area contributed by atoms with Gasteiger partial charge in [0.05, 0.1) is 11.5 Å². The van der Waals surface area contributed by atoms with Crippen LogP contribution in [0.5, 0.6) is 5.75 Å². The first kappa shape index (κ1) is 14.4. The maximum atomic E-state index is 13.2. The van der Waals surface area contributed by atoms with Crippen molar-refractivity contribution in [2.45, 2.75) is 19.8 Å². The summed E-state index contributed by atoms with van der Waals surface area (Å²) in [6, 6.07) is 3.46. The lowest BCUT2D eigenvalue weighted by molar-refractivity contribution is -0.387. The third-order valence-electron chi connectivity index (χ3n) is 2.25. The Bertz CT molecular complexity index is 398. The van der Waals surface area contributed by atoms with Gasteiger partial charge in [0.15, 0.2) is 0 Å². The van der Waals surface area contributed by atoms with E-state index in [0.29, 0.717) is 19.8 Å². The van der Waals surface area contributed by atoms with Crippen LogP contribution >= 0.6 is 0 Å². The molecule has 1 aromatic carbocycles. The number of hydrogen-bond donors (Lipinski definition) is 0. The van der Waals surface area contributed by atoms with Gasteiger partial charge in [-0.1, -0.05) is 13.3 Å². The zero-order chi connectivity index (χ0) is 13.4. The summed E-state index contributed by atoms with van der Waals surface area (Å²) >= 11 is 0. The molecule has 0 unspecified atom stereocenters. The molecule has 0 radical (unpaired) electrons. The first-order valence-electron chi connectivity index (χ1n) is 5.79. The molecular formula is C12H16FNO4. The van der Waals surface area contributed by atoms with Gasteiger partial charge in [-0.05, 0) is 12.5 Å². The van der Waals surface area contributed by atoms with Crippen molar-refractivity contribution in [1.82, 2.24) is 0 Å². The van der Waals surface area contributed by atoms with Crippen molar-refractivity contribution in [1.29, 1.82) is 0 Å². The number of nitro groups is 1. The van der Waals surface area contributed by atoms with Crippen LogP contribution in [0.25, 0.3) is 0 Å². The zero-order valence-electron chi connectivity index (χ0n) is 10.2. The minimum Gasteiger partial charge on any atom is -0.491 e. The van der Waals surface area contributed by atoms with E-state index < -0.39 is 16.4 Å². The average molecular weight is 257 g/mol. The summed E-state index contributed by atoms with van der Waals surface area (Å²) in [4.78, 5) is 9.63. The van der Waals surface area contributed by atoms with E-state index in [9.17, 15) is 14.5 Å². The van der Waals surface area contributed by atoms with E-state index in [0.717, 1.165) is 25.0 Å². The number of ether oxygens (including phenoxy) is 2. The Morgan fingerprint density at radius 1 is 1.33 bits per heavy atom.